The average molecular weight is 562 g/mol. The van der Waals surface area contributed by atoms with E-state index in [1.54, 1.807) is 38.2 Å². The van der Waals surface area contributed by atoms with Crippen LogP contribution in [0.2, 0.25) is 0 Å². The number of fused-ring (bicyclic) bond motifs is 2. The molecule has 0 radical (unpaired) electrons. The van der Waals surface area contributed by atoms with Crippen LogP contribution in [0.25, 0.3) is 0 Å². The summed E-state index contributed by atoms with van der Waals surface area (Å²) in [7, 11) is 1.57. The Bertz CT molecular complexity index is 1300. The zero-order valence-corrected chi connectivity index (χ0v) is 24.1. The summed E-state index contributed by atoms with van der Waals surface area (Å²) >= 11 is 0. The molecule has 5 amide bonds. The van der Waals surface area contributed by atoms with Crippen molar-refractivity contribution in [2.24, 2.45) is 5.92 Å². The summed E-state index contributed by atoms with van der Waals surface area (Å²) in [5, 5.41) is 8.38. The van der Waals surface area contributed by atoms with E-state index in [2.05, 4.69) is 16.0 Å². The number of rotatable bonds is 4. The fourth-order valence-electron chi connectivity index (χ4n) is 5.40. The second-order valence-corrected chi connectivity index (χ2v) is 10.9. The molecule has 3 N–H and O–H groups in total. The van der Waals surface area contributed by atoms with Crippen LogP contribution in [0.5, 0.6) is 0 Å². The lowest BCUT2D eigenvalue weighted by molar-refractivity contribution is -0.142. The molecule has 5 atom stereocenters. The van der Waals surface area contributed by atoms with Crippen molar-refractivity contribution in [2.45, 2.75) is 70.6 Å². The highest BCUT2D eigenvalue weighted by Crippen LogP contribution is 2.26. The molecule has 1 saturated heterocycles. The van der Waals surface area contributed by atoms with Crippen LogP contribution in [0.3, 0.4) is 0 Å². The Kier molecular flexibility index (Phi) is 9.42. The van der Waals surface area contributed by atoms with Crippen molar-refractivity contribution >= 4 is 35.2 Å². The summed E-state index contributed by atoms with van der Waals surface area (Å²) in [5.74, 6) is -2.43. The zero-order valence-electron chi connectivity index (χ0n) is 24.1. The standard InChI is InChI=1S/C31H39N5O5/c1-5-19(2)26-29(39)33-23-15-10-9-14-22(23)30(40)36-17-11-16-24(36)31(41)35(4)25(18-21-12-7-6-8-13-21)28(38)32-20(3)27(37)34-26/h6-10,12-15,19-20,24-26H,5,11,16-18H2,1-4H3,(H,32,38)(H,33,39)(H,34,37)/t19?,20-,24+,25-,26+/m1/s1. The molecule has 1 fully saturated rings. The van der Waals surface area contributed by atoms with Gasteiger partial charge in [0.25, 0.3) is 5.91 Å². The first-order chi connectivity index (χ1) is 19.6. The predicted octanol–water partition coefficient (Wildman–Crippen LogP) is 2.35. The van der Waals surface area contributed by atoms with E-state index < -0.39 is 41.9 Å². The normalized spacial score (nSPS) is 25.1. The molecule has 0 bridgehead atoms. The Labute approximate surface area is 240 Å². The van der Waals surface area contributed by atoms with Gasteiger partial charge in [0, 0.05) is 20.0 Å². The molecule has 4 rings (SSSR count). The second kappa shape index (κ2) is 13.0. The van der Waals surface area contributed by atoms with Crippen LogP contribution in [0.1, 0.15) is 56.0 Å². The van der Waals surface area contributed by atoms with E-state index in [-0.39, 0.29) is 29.7 Å². The van der Waals surface area contributed by atoms with Gasteiger partial charge >= 0.3 is 0 Å². The Morgan fingerprint density at radius 1 is 0.902 bits per heavy atom. The Morgan fingerprint density at radius 2 is 1.59 bits per heavy atom. The zero-order chi connectivity index (χ0) is 29.7. The fourth-order valence-corrected chi connectivity index (χ4v) is 5.40. The summed E-state index contributed by atoms with van der Waals surface area (Å²) < 4.78 is 0. The Hall–Kier alpha value is -4.21. The van der Waals surface area contributed by atoms with E-state index in [0.717, 1.165) is 5.56 Å². The largest absolute Gasteiger partial charge is 0.343 e. The first-order valence-electron chi connectivity index (χ1n) is 14.2. The molecule has 1 unspecified atom stereocenters. The molecule has 0 aromatic heterocycles. The minimum atomic E-state index is -0.964. The molecule has 0 saturated carbocycles. The van der Waals surface area contributed by atoms with Gasteiger partial charge in [-0.25, -0.2) is 0 Å². The van der Waals surface area contributed by atoms with E-state index in [9.17, 15) is 24.0 Å². The second-order valence-electron chi connectivity index (χ2n) is 10.9. The molecule has 2 aliphatic heterocycles. The van der Waals surface area contributed by atoms with Gasteiger partial charge in [-0.2, -0.15) is 0 Å². The highest BCUT2D eigenvalue weighted by atomic mass is 16.2. The van der Waals surface area contributed by atoms with E-state index in [4.69, 9.17) is 0 Å². The first-order valence-corrected chi connectivity index (χ1v) is 14.2. The van der Waals surface area contributed by atoms with E-state index in [0.29, 0.717) is 31.5 Å². The Balaban J connectivity index is 1.77. The van der Waals surface area contributed by atoms with Gasteiger partial charge in [0.05, 0.1) is 11.3 Å². The van der Waals surface area contributed by atoms with Crippen molar-refractivity contribution in [1.82, 2.24) is 20.4 Å². The van der Waals surface area contributed by atoms with Crippen LogP contribution in [0, 0.1) is 5.92 Å². The molecule has 10 heteroatoms. The fraction of sp³-hybridized carbons (Fsp3) is 0.452. The number of carbonyl (C=O) groups is 5. The van der Waals surface area contributed by atoms with Crippen molar-refractivity contribution in [3.05, 3.63) is 65.7 Å². The number of nitrogens with one attached hydrogen (secondary N) is 3. The lowest BCUT2D eigenvalue weighted by atomic mass is 9.97. The number of para-hydroxylation sites is 1. The third kappa shape index (κ3) is 6.58. The number of hydrogen-bond acceptors (Lipinski definition) is 5. The maximum Gasteiger partial charge on any atom is 0.256 e. The van der Waals surface area contributed by atoms with Crippen LogP contribution in [-0.4, -0.2) is 77.1 Å². The molecule has 0 aliphatic carbocycles. The molecule has 2 aliphatic rings. The third-order valence-electron chi connectivity index (χ3n) is 8.15. The molecule has 218 valence electrons. The van der Waals surface area contributed by atoms with Crippen molar-refractivity contribution in [3.63, 3.8) is 0 Å². The van der Waals surface area contributed by atoms with Gasteiger partial charge in [-0.3, -0.25) is 24.0 Å². The first kappa shape index (κ1) is 29.8. The van der Waals surface area contributed by atoms with Gasteiger partial charge in [0.2, 0.25) is 23.6 Å². The summed E-state index contributed by atoms with van der Waals surface area (Å²) in [6, 6.07) is 12.5. The molecule has 2 aromatic rings. The number of anilines is 1. The lowest BCUT2D eigenvalue weighted by Crippen LogP contribution is -2.58. The molecule has 41 heavy (non-hydrogen) atoms. The number of benzene rings is 2. The van der Waals surface area contributed by atoms with Gasteiger partial charge < -0.3 is 25.8 Å². The van der Waals surface area contributed by atoms with E-state index >= 15 is 0 Å². The molecule has 0 spiro atoms. The van der Waals surface area contributed by atoms with Crippen LogP contribution < -0.4 is 16.0 Å². The number of carbonyl (C=O) groups excluding carboxylic acids is 5. The van der Waals surface area contributed by atoms with Crippen LogP contribution >= 0.6 is 0 Å². The smallest absolute Gasteiger partial charge is 0.256 e. The van der Waals surface area contributed by atoms with Gasteiger partial charge in [-0.15, -0.1) is 0 Å². The topological polar surface area (TPSA) is 128 Å². The summed E-state index contributed by atoms with van der Waals surface area (Å²) in [6.45, 7) is 5.70. The molecular formula is C31H39N5O5. The third-order valence-corrected chi connectivity index (χ3v) is 8.15. The minimum Gasteiger partial charge on any atom is -0.343 e. The predicted molar refractivity (Wildman–Crippen MR) is 155 cm³/mol. The van der Waals surface area contributed by atoms with Gasteiger partial charge in [0.1, 0.15) is 24.2 Å². The highest BCUT2D eigenvalue weighted by molar-refractivity contribution is 6.07. The van der Waals surface area contributed by atoms with Crippen molar-refractivity contribution in [1.29, 1.82) is 0 Å². The van der Waals surface area contributed by atoms with Gasteiger partial charge in [-0.05, 0) is 43.4 Å². The Morgan fingerprint density at radius 3 is 2.29 bits per heavy atom. The van der Waals surface area contributed by atoms with Crippen molar-refractivity contribution in [2.75, 3.05) is 18.9 Å². The monoisotopic (exact) mass is 561 g/mol. The van der Waals surface area contributed by atoms with Crippen LogP contribution in [0.4, 0.5) is 5.69 Å². The van der Waals surface area contributed by atoms with Crippen molar-refractivity contribution in [3.8, 4) is 0 Å². The van der Waals surface area contributed by atoms with Crippen LogP contribution in [-0.2, 0) is 25.6 Å². The maximum absolute atomic E-state index is 13.9. The summed E-state index contributed by atoms with van der Waals surface area (Å²) in [6.07, 6.45) is 1.93. The molecular weight excluding hydrogens is 522 g/mol. The highest BCUT2D eigenvalue weighted by Gasteiger charge is 2.40. The molecule has 10 nitrogen and oxygen atoms in total. The van der Waals surface area contributed by atoms with Crippen molar-refractivity contribution < 1.29 is 24.0 Å². The molecule has 2 aromatic carbocycles. The minimum absolute atomic E-state index is 0.221. The quantitative estimate of drug-likeness (QED) is 0.528. The number of nitrogens with zero attached hydrogens (tertiary/aromatic N) is 2. The summed E-state index contributed by atoms with van der Waals surface area (Å²) in [5.41, 5.74) is 1.42. The molecule has 2 heterocycles. The SMILES string of the molecule is CCC(C)[C@@H]1NC(=O)[C@@H](C)NC(=O)[C@@H](Cc2ccccc2)N(C)C(=O)[C@@H]2CCCN2C(=O)c2ccccc2NC1=O. The number of hydrogen-bond donors (Lipinski definition) is 3. The average Bonchev–Trinajstić information content (AvgIpc) is 3.47. The summed E-state index contributed by atoms with van der Waals surface area (Å²) in [4.78, 5) is 71.0. The van der Waals surface area contributed by atoms with E-state index in [1.165, 1.54) is 9.80 Å². The van der Waals surface area contributed by atoms with Crippen LogP contribution in [0.15, 0.2) is 54.6 Å². The number of amides is 5. The van der Waals surface area contributed by atoms with E-state index in [1.807, 2.05) is 44.2 Å². The van der Waals surface area contributed by atoms with Gasteiger partial charge in [-0.1, -0.05) is 62.7 Å². The maximum atomic E-state index is 13.9. The van der Waals surface area contributed by atoms with Gasteiger partial charge in [0.15, 0.2) is 0 Å². The lowest BCUT2D eigenvalue weighted by Gasteiger charge is -2.34. The number of likely N-dealkylation sites (N-methyl/N-ethyl adjacent to an activating group) is 1.